The molecule has 1 saturated heterocycles. The van der Waals surface area contributed by atoms with Crippen molar-refractivity contribution in [2.75, 3.05) is 30.3 Å². The van der Waals surface area contributed by atoms with Crippen LogP contribution in [-0.4, -0.2) is 56.7 Å². The summed E-state index contributed by atoms with van der Waals surface area (Å²) in [5.74, 6) is 0.512. The van der Waals surface area contributed by atoms with Crippen molar-refractivity contribution in [3.05, 3.63) is 60.0 Å². The van der Waals surface area contributed by atoms with Gasteiger partial charge in [-0.25, -0.2) is 19.9 Å². The number of nitrogens with zero attached hydrogens (tertiary/aromatic N) is 5. The number of rotatable bonds is 6. The summed E-state index contributed by atoms with van der Waals surface area (Å²) in [7, 11) is 0. The van der Waals surface area contributed by atoms with Crippen molar-refractivity contribution in [2.24, 2.45) is 0 Å². The number of hydrogen-bond donors (Lipinski definition) is 3. The van der Waals surface area contributed by atoms with Gasteiger partial charge in [-0.3, -0.25) is 4.79 Å². The highest BCUT2D eigenvalue weighted by molar-refractivity contribution is 7.22. The van der Waals surface area contributed by atoms with Gasteiger partial charge in [0, 0.05) is 35.9 Å². The zero-order valence-corrected chi connectivity index (χ0v) is 19.9. The molecule has 4 aromatic rings. The number of amides is 1. The number of benzene rings is 1. The molecule has 1 aromatic carbocycles. The lowest BCUT2D eigenvalue weighted by Gasteiger charge is -2.32. The van der Waals surface area contributed by atoms with Crippen LogP contribution in [0.1, 0.15) is 24.2 Å². The minimum absolute atomic E-state index is 0.175. The van der Waals surface area contributed by atoms with E-state index in [1.807, 2.05) is 30.5 Å². The Morgan fingerprint density at radius 3 is 2.77 bits per heavy atom. The summed E-state index contributed by atoms with van der Waals surface area (Å²) in [6.07, 6.45) is 4.05. The molecule has 0 bridgehead atoms. The van der Waals surface area contributed by atoms with Gasteiger partial charge in [-0.05, 0) is 24.1 Å². The van der Waals surface area contributed by atoms with E-state index in [2.05, 4.69) is 31.2 Å². The first-order chi connectivity index (χ1) is 17.0. The molecular formula is C24H25N7O3S. The molecule has 0 saturated carbocycles. The predicted octanol–water partition coefficient (Wildman–Crippen LogP) is 2.31. The second-order valence-corrected chi connectivity index (χ2v) is 9.38. The molecule has 4 heterocycles. The van der Waals surface area contributed by atoms with Gasteiger partial charge in [0.2, 0.25) is 17.8 Å². The van der Waals surface area contributed by atoms with Gasteiger partial charge in [0.15, 0.2) is 0 Å². The number of hydrogen-bond acceptors (Lipinski definition) is 10. The van der Waals surface area contributed by atoms with E-state index in [0.717, 1.165) is 31.8 Å². The Morgan fingerprint density at radius 1 is 1.26 bits per heavy atom. The van der Waals surface area contributed by atoms with Crippen LogP contribution in [-0.2, 0) is 16.1 Å². The molecule has 1 aliphatic heterocycles. The number of fused-ring (bicyclic) bond motifs is 1. The Kier molecular flexibility index (Phi) is 6.53. The molecule has 2 atom stereocenters. The average Bonchev–Trinajstić information content (AvgIpc) is 3.31. The molecule has 180 valence electrons. The summed E-state index contributed by atoms with van der Waals surface area (Å²) in [4.78, 5) is 32.3. The second kappa shape index (κ2) is 9.90. The zero-order valence-electron chi connectivity index (χ0n) is 19.1. The highest BCUT2D eigenvalue weighted by Crippen LogP contribution is 2.33. The van der Waals surface area contributed by atoms with Crippen LogP contribution >= 0.6 is 11.3 Å². The number of carbonyl (C=O) groups is 1. The fourth-order valence-corrected chi connectivity index (χ4v) is 4.77. The Balaban J connectivity index is 1.30. The number of aromatic nitrogens is 4. The molecule has 3 aromatic heterocycles. The predicted molar refractivity (Wildman–Crippen MR) is 134 cm³/mol. The summed E-state index contributed by atoms with van der Waals surface area (Å²) in [5, 5.41) is 12.0. The number of thiophene rings is 1. The number of aliphatic hydroxyl groups excluding tert-OH is 1. The van der Waals surface area contributed by atoms with Gasteiger partial charge in [0.05, 0.1) is 29.6 Å². The van der Waals surface area contributed by atoms with E-state index in [4.69, 9.17) is 15.5 Å². The zero-order chi connectivity index (χ0) is 24.4. The van der Waals surface area contributed by atoms with E-state index in [9.17, 15) is 9.90 Å². The monoisotopic (exact) mass is 491 g/mol. The summed E-state index contributed by atoms with van der Waals surface area (Å²) in [5.41, 5.74) is 9.38. The van der Waals surface area contributed by atoms with Crippen molar-refractivity contribution in [1.82, 2.24) is 25.3 Å². The van der Waals surface area contributed by atoms with Crippen LogP contribution in [0.4, 0.5) is 11.9 Å². The van der Waals surface area contributed by atoms with Crippen LogP contribution in [0.5, 0.6) is 0 Å². The van der Waals surface area contributed by atoms with Crippen LogP contribution in [0.3, 0.4) is 0 Å². The Hall–Kier alpha value is -3.67. The highest BCUT2D eigenvalue weighted by Gasteiger charge is 2.24. The van der Waals surface area contributed by atoms with Crippen molar-refractivity contribution >= 4 is 39.4 Å². The Morgan fingerprint density at radius 2 is 2.03 bits per heavy atom. The van der Waals surface area contributed by atoms with Crippen molar-refractivity contribution in [2.45, 2.75) is 25.7 Å². The second-order valence-electron chi connectivity index (χ2n) is 8.30. The van der Waals surface area contributed by atoms with Crippen molar-refractivity contribution < 1.29 is 14.6 Å². The largest absolute Gasteiger partial charge is 0.384 e. The molecule has 1 unspecified atom stereocenters. The van der Waals surface area contributed by atoms with Crippen molar-refractivity contribution in [3.8, 4) is 10.4 Å². The van der Waals surface area contributed by atoms with Gasteiger partial charge in [0.1, 0.15) is 12.2 Å². The van der Waals surface area contributed by atoms with Crippen LogP contribution in [0, 0.1) is 0 Å². The lowest BCUT2D eigenvalue weighted by molar-refractivity contribution is -0.128. The lowest BCUT2D eigenvalue weighted by Crippen LogP contribution is -2.39. The topological polar surface area (TPSA) is 139 Å². The first-order valence-electron chi connectivity index (χ1n) is 11.2. The Labute approximate surface area is 205 Å². The molecule has 1 amide bonds. The summed E-state index contributed by atoms with van der Waals surface area (Å²) in [6.45, 7) is 3.66. The number of anilines is 2. The van der Waals surface area contributed by atoms with Crippen LogP contribution in [0.25, 0.3) is 20.7 Å². The highest BCUT2D eigenvalue weighted by atomic mass is 32.1. The first kappa shape index (κ1) is 23.1. The molecule has 10 nitrogen and oxygen atoms in total. The van der Waals surface area contributed by atoms with Gasteiger partial charge in [0.25, 0.3) is 0 Å². The number of nitrogens with one attached hydrogen (secondary N) is 1. The standard InChI is InChI=1S/C24H25N7O3S/c1-14(32)22(33)26-9-15-2-4-16(5-3-15)20-8-18-21(35-20)12-29-24(30-18)31-6-7-34-19(13-31)17-10-27-23(25)28-11-17/h2-5,8,10-12,14,19,32H,6-7,9,13H2,1H3,(H,26,33)(H2,25,27,28)/t14?,19-/m1/s1. The van der Waals surface area contributed by atoms with Crippen LogP contribution in [0.2, 0.25) is 0 Å². The normalized spacial score (nSPS) is 16.9. The molecule has 5 rings (SSSR count). The maximum absolute atomic E-state index is 11.6. The first-order valence-corrected chi connectivity index (χ1v) is 12.0. The van der Waals surface area contributed by atoms with Crippen LogP contribution < -0.4 is 16.0 Å². The third-order valence-electron chi connectivity index (χ3n) is 5.76. The van der Waals surface area contributed by atoms with E-state index in [0.29, 0.717) is 32.2 Å². The average molecular weight is 492 g/mol. The summed E-state index contributed by atoms with van der Waals surface area (Å²) in [6, 6.07) is 10.0. The lowest BCUT2D eigenvalue weighted by atomic mass is 10.1. The van der Waals surface area contributed by atoms with Gasteiger partial charge >= 0.3 is 0 Å². The van der Waals surface area contributed by atoms with Gasteiger partial charge in [-0.2, -0.15) is 0 Å². The number of ether oxygens (including phenoxy) is 1. The number of nitrogen functional groups attached to an aromatic ring is 1. The maximum Gasteiger partial charge on any atom is 0.248 e. The van der Waals surface area contributed by atoms with Gasteiger partial charge in [-0.1, -0.05) is 24.3 Å². The van der Waals surface area contributed by atoms with Gasteiger partial charge in [-0.15, -0.1) is 11.3 Å². The molecule has 0 aliphatic carbocycles. The quantitative estimate of drug-likeness (QED) is 0.371. The number of carbonyl (C=O) groups excluding carboxylic acids is 1. The van der Waals surface area contributed by atoms with E-state index >= 15 is 0 Å². The van der Waals surface area contributed by atoms with Gasteiger partial charge < -0.3 is 25.8 Å². The van der Waals surface area contributed by atoms with E-state index in [1.54, 1.807) is 23.7 Å². The molecule has 11 heteroatoms. The Bertz CT molecular complexity index is 1330. The fourth-order valence-electron chi connectivity index (χ4n) is 3.79. The summed E-state index contributed by atoms with van der Waals surface area (Å²) < 4.78 is 6.91. The van der Waals surface area contributed by atoms with E-state index in [1.165, 1.54) is 6.92 Å². The molecule has 0 spiro atoms. The number of morpholine rings is 1. The SMILES string of the molecule is CC(O)C(=O)NCc1ccc(-c2cc3nc(N4CCO[C@@H](c5cnc(N)nc5)C4)ncc3s2)cc1. The molecule has 1 fully saturated rings. The van der Waals surface area contributed by atoms with Crippen molar-refractivity contribution in [1.29, 1.82) is 0 Å². The number of nitrogens with two attached hydrogens (primary N) is 1. The van der Waals surface area contributed by atoms with E-state index in [-0.39, 0.29) is 18.0 Å². The van der Waals surface area contributed by atoms with Crippen molar-refractivity contribution in [3.63, 3.8) is 0 Å². The molecule has 4 N–H and O–H groups in total. The van der Waals surface area contributed by atoms with Crippen LogP contribution in [0.15, 0.2) is 48.9 Å². The fraction of sp³-hybridized carbons (Fsp3) is 0.292. The molecule has 35 heavy (non-hydrogen) atoms. The third kappa shape index (κ3) is 5.21. The maximum atomic E-state index is 11.6. The minimum Gasteiger partial charge on any atom is -0.384 e. The summed E-state index contributed by atoms with van der Waals surface area (Å²) >= 11 is 1.63. The third-order valence-corrected chi connectivity index (χ3v) is 6.86. The molecule has 0 radical (unpaired) electrons. The smallest absolute Gasteiger partial charge is 0.248 e. The number of aliphatic hydroxyl groups is 1. The molecular weight excluding hydrogens is 466 g/mol. The van der Waals surface area contributed by atoms with E-state index < -0.39 is 6.10 Å². The minimum atomic E-state index is -1.02. The molecule has 1 aliphatic rings.